The fourth-order valence-corrected chi connectivity index (χ4v) is 9.78. The predicted octanol–water partition coefficient (Wildman–Crippen LogP) is 6.16. The molecule has 5 aliphatic rings. The maximum absolute atomic E-state index is 13.4. The molecule has 212 valence electrons. The maximum Gasteiger partial charge on any atom is 0.338 e. The Morgan fingerprint density at radius 2 is 1.79 bits per heavy atom. The standard InChI is InChI=1S/C33H44O6/c1-20(34)24-12-13-25-29-26(39-31(36)21-9-5-4-6-10-21)18-22-17-23(35)14-15-32(22,2)30(29)27(19-33(24,25)3)38-28-11-7-8-16-37-28/h4-6,9-10,22,24-30H,7-8,11-19H2,1-3H3/t22?,24?,25?,26-,27-,28?,29?,30?,32+,33-/m1/s1. The summed E-state index contributed by atoms with van der Waals surface area (Å²) in [5, 5.41) is 0. The van der Waals surface area contributed by atoms with Crippen LogP contribution in [0.25, 0.3) is 0 Å². The van der Waals surface area contributed by atoms with Crippen LogP contribution in [0.5, 0.6) is 0 Å². The minimum Gasteiger partial charge on any atom is -0.458 e. The first-order chi connectivity index (χ1) is 18.7. The van der Waals surface area contributed by atoms with Crippen molar-refractivity contribution in [1.29, 1.82) is 0 Å². The molecule has 6 unspecified atom stereocenters. The highest BCUT2D eigenvalue weighted by molar-refractivity contribution is 5.89. The maximum atomic E-state index is 13.4. The summed E-state index contributed by atoms with van der Waals surface area (Å²) in [6.45, 7) is 7.12. The largest absolute Gasteiger partial charge is 0.458 e. The second-order valence-electron chi connectivity index (χ2n) is 13.6. The van der Waals surface area contributed by atoms with Gasteiger partial charge in [-0.1, -0.05) is 32.0 Å². The molecule has 5 fully saturated rings. The van der Waals surface area contributed by atoms with E-state index in [0.717, 1.165) is 44.9 Å². The average molecular weight is 537 g/mol. The zero-order valence-corrected chi connectivity index (χ0v) is 23.7. The van der Waals surface area contributed by atoms with Gasteiger partial charge in [-0.05, 0) is 99.0 Å². The van der Waals surface area contributed by atoms with E-state index >= 15 is 0 Å². The van der Waals surface area contributed by atoms with Gasteiger partial charge >= 0.3 is 5.97 Å². The Balaban J connectivity index is 1.41. The molecule has 0 N–H and O–H groups in total. The number of carbonyl (C=O) groups is 3. The van der Waals surface area contributed by atoms with Crippen molar-refractivity contribution < 1.29 is 28.6 Å². The van der Waals surface area contributed by atoms with E-state index in [9.17, 15) is 14.4 Å². The molecule has 6 nitrogen and oxygen atoms in total. The number of fused-ring (bicyclic) bond motifs is 5. The number of ether oxygens (including phenoxy) is 3. The molecule has 0 amide bonds. The summed E-state index contributed by atoms with van der Waals surface area (Å²) in [6.07, 6.45) is 7.76. The minimum absolute atomic E-state index is 0.00855. The van der Waals surface area contributed by atoms with E-state index in [2.05, 4.69) is 13.8 Å². The zero-order chi connectivity index (χ0) is 27.4. The van der Waals surface area contributed by atoms with E-state index in [-0.39, 0.29) is 70.7 Å². The smallest absolute Gasteiger partial charge is 0.338 e. The number of Topliss-reactive ketones (excluding diaryl/α,β-unsaturated/α-hetero) is 2. The van der Waals surface area contributed by atoms with Crippen molar-refractivity contribution in [3.8, 4) is 0 Å². The molecule has 10 atom stereocenters. The van der Waals surface area contributed by atoms with E-state index in [1.54, 1.807) is 19.1 Å². The minimum atomic E-state index is -0.305. The van der Waals surface area contributed by atoms with Crippen LogP contribution in [-0.4, -0.2) is 42.6 Å². The van der Waals surface area contributed by atoms with Crippen LogP contribution in [0, 0.1) is 40.4 Å². The summed E-state index contributed by atoms with van der Waals surface area (Å²) in [7, 11) is 0. The molecule has 1 aromatic carbocycles. The number of hydrogen-bond donors (Lipinski definition) is 0. The van der Waals surface area contributed by atoms with Gasteiger partial charge in [0.15, 0.2) is 6.29 Å². The first-order valence-electron chi connectivity index (χ1n) is 15.3. The molecule has 1 saturated heterocycles. The zero-order valence-electron chi connectivity index (χ0n) is 23.7. The van der Waals surface area contributed by atoms with Crippen molar-refractivity contribution in [1.82, 2.24) is 0 Å². The van der Waals surface area contributed by atoms with E-state index in [0.29, 0.717) is 37.2 Å². The van der Waals surface area contributed by atoms with Gasteiger partial charge in [-0.25, -0.2) is 4.79 Å². The lowest BCUT2D eigenvalue weighted by molar-refractivity contribution is -0.265. The summed E-state index contributed by atoms with van der Waals surface area (Å²) >= 11 is 0. The molecule has 1 heterocycles. The van der Waals surface area contributed by atoms with Gasteiger partial charge in [0.25, 0.3) is 0 Å². The molecular formula is C33H44O6. The van der Waals surface area contributed by atoms with E-state index in [1.807, 2.05) is 18.2 Å². The topological polar surface area (TPSA) is 78.9 Å². The molecule has 1 aromatic rings. The molecule has 6 rings (SSSR count). The van der Waals surface area contributed by atoms with Crippen LogP contribution >= 0.6 is 0 Å². The van der Waals surface area contributed by atoms with Crippen LogP contribution in [0.4, 0.5) is 0 Å². The Bertz CT molecular complexity index is 1090. The molecule has 0 spiro atoms. The Morgan fingerprint density at radius 1 is 1.00 bits per heavy atom. The van der Waals surface area contributed by atoms with Crippen molar-refractivity contribution in [3.63, 3.8) is 0 Å². The van der Waals surface area contributed by atoms with E-state index in [4.69, 9.17) is 14.2 Å². The van der Waals surface area contributed by atoms with Crippen LogP contribution in [-0.2, 0) is 23.8 Å². The number of esters is 1. The predicted molar refractivity (Wildman–Crippen MR) is 146 cm³/mol. The number of benzene rings is 1. The molecular weight excluding hydrogens is 492 g/mol. The Hall–Kier alpha value is -2.05. The molecule has 0 aromatic heterocycles. The highest BCUT2D eigenvalue weighted by Crippen LogP contribution is 2.68. The first kappa shape index (κ1) is 27.1. The van der Waals surface area contributed by atoms with Crippen molar-refractivity contribution in [2.75, 3.05) is 6.61 Å². The lowest BCUT2D eigenvalue weighted by Crippen LogP contribution is -2.64. The van der Waals surface area contributed by atoms with Crippen molar-refractivity contribution >= 4 is 17.5 Å². The van der Waals surface area contributed by atoms with Crippen LogP contribution in [0.3, 0.4) is 0 Å². The van der Waals surface area contributed by atoms with Gasteiger partial charge in [-0.2, -0.15) is 0 Å². The molecule has 0 radical (unpaired) electrons. The number of carbonyl (C=O) groups excluding carboxylic acids is 3. The van der Waals surface area contributed by atoms with Crippen molar-refractivity contribution in [2.45, 2.75) is 103 Å². The van der Waals surface area contributed by atoms with Crippen LogP contribution in [0.15, 0.2) is 30.3 Å². The third kappa shape index (κ3) is 4.69. The summed E-state index contributed by atoms with van der Waals surface area (Å²) in [4.78, 5) is 39.1. The Labute approximate surface area is 232 Å². The Morgan fingerprint density at radius 3 is 2.51 bits per heavy atom. The normalized spacial score (nSPS) is 43.6. The molecule has 1 aliphatic heterocycles. The van der Waals surface area contributed by atoms with Crippen molar-refractivity contribution in [2.24, 2.45) is 40.4 Å². The van der Waals surface area contributed by atoms with Gasteiger partial charge in [0.2, 0.25) is 0 Å². The van der Waals surface area contributed by atoms with Gasteiger partial charge in [0.1, 0.15) is 17.7 Å². The van der Waals surface area contributed by atoms with E-state index in [1.165, 1.54) is 0 Å². The monoisotopic (exact) mass is 536 g/mol. The van der Waals surface area contributed by atoms with Gasteiger partial charge in [0, 0.05) is 31.3 Å². The number of hydrogen-bond acceptors (Lipinski definition) is 6. The average Bonchev–Trinajstić information content (AvgIpc) is 3.27. The lowest BCUT2D eigenvalue weighted by atomic mass is 9.43. The molecule has 4 aliphatic carbocycles. The van der Waals surface area contributed by atoms with Gasteiger partial charge in [-0.15, -0.1) is 0 Å². The van der Waals surface area contributed by atoms with Crippen molar-refractivity contribution in [3.05, 3.63) is 35.9 Å². The second kappa shape index (κ2) is 10.4. The fourth-order valence-electron chi connectivity index (χ4n) is 9.78. The number of ketones is 2. The summed E-state index contributed by atoms with van der Waals surface area (Å²) in [5.41, 5.74) is 0.262. The van der Waals surface area contributed by atoms with Gasteiger partial charge in [0.05, 0.1) is 11.7 Å². The Kier molecular flexibility index (Phi) is 7.24. The van der Waals surface area contributed by atoms with Gasteiger partial charge < -0.3 is 14.2 Å². The SMILES string of the molecule is CC(=O)C1CCC2C3C([C@H](OC4CCCCO4)C[C@]12C)[C@@]1(C)CCC(=O)CC1C[C@H]3OC(=O)c1ccccc1. The van der Waals surface area contributed by atoms with Crippen LogP contribution < -0.4 is 0 Å². The summed E-state index contributed by atoms with van der Waals surface area (Å²) in [6, 6.07) is 9.22. The van der Waals surface area contributed by atoms with E-state index < -0.39 is 0 Å². The van der Waals surface area contributed by atoms with Crippen LogP contribution in [0.2, 0.25) is 0 Å². The fraction of sp³-hybridized carbons (Fsp3) is 0.727. The van der Waals surface area contributed by atoms with Gasteiger partial charge in [-0.3, -0.25) is 9.59 Å². The third-order valence-corrected chi connectivity index (χ3v) is 11.6. The van der Waals surface area contributed by atoms with Crippen LogP contribution in [0.1, 0.15) is 95.3 Å². The highest BCUT2D eigenvalue weighted by Gasteiger charge is 2.67. The molecule has 6 heteroatoms. The summed E-state index contributed by atoms with van der Waals surface area (Å²) < 4.78 is 19.5. The highest BCUT2D eigenvalue weighted by atomic mass is 16.7. The number of rotatable bonds is 5. The molecule has 4 saturated carbocycles. The third-order valence-electron chi connectivity index (χ3n) is 11.6. The lowest BCUT2D eigenvalue weighted by Gasteiger charge is -2.64. The second-order valence-corrected chi connectivity index (χ2v) is 13.6. The quantitative estimate of drug-likeness (QED) is 0.420. The molecule has 39 heavy (non-hydrogen) atoms. The summed E-state index contributed by atoms with van der Waals surface area (Å²) in [5.74, 6) is 0.921. The molecule has 0 bridgehead atoms. The first-order valence-corrected chi connectivity index (χ1v) is 15.3.